The molecular formula is C60H48N2. The van der Waals surface area contributed by atoms with Gasteiger partial charge in [-0.3, -0.25) is 4.98 Å². The highest BCUT2D eigenvalue weighted by Gasteiger charge is 2.66. The summed E-state index contributed by atoms with van der Waals surface area (Å²) in [6.45, 7) is 0. The van der Waals surface area contributed by atoms with Gasteiger partial charge in [0.15, 0.2) is 0 Å². The molecule has 3 heterocycles. The molecule has 2 nitrogen and oxygen atoms in total. The first-order chi connectivity index (χ1) is 30.7. The zero-order chi connectivity index (χ0) is 39.7. The van der Waals surface area contributed by atoms with Crippen molar-refractivity contribution in [2.75, 3.05) is 0 Å². The predicted molar refractivity (Wildman–Crippen MR) is 253 cm³/mol. The molecule has 0 saturated heterocycles. The Labute approximate surface area is 362 Å². The highest BCUT2D eigenvalue weighted by molar-refractivity contribution is 6.26. The van der Waals surface area contributed by atoms with E-state index in [1.165, 1.54) is 153 Å². The zero-order valence-electron chi connectivity index (χ0n) is 35.1. The van der Waals surface area contributed by atoms with Crippen LogP contribution in [0, 0.1) is 29.1 Å². The Morgan fingerprint density at radius 3 is 1.77 bits per heavy atom. The second-order valence-corrected chi connectivity index (χ2v) is 21.8. The van der Waals surface area contributed by atoms with E-state index in [0.29, 0.717) is 29.1 Å². The van der Waals surface area contributed by atoms with E-state index in [9.17, 15) is 0 Å². The van der Waals surface area contributed by atoms with Crippen molar-refractivity contribution in [3.05, 3.63) is 144 Å². The molecule has 0 radical (unpaired) electrons. The van der Waals surface area contributed by atoms with Gasteiger partial charge in [0.05, 0.1) is 22.7 Å². The fourth-order valence-corrected chi connectivity index (χ4v) is 17.5. The van der Waals surface area contributed by atoms with Gasteiger partial charge >= 0.3 is 0 Å². The topological polar surface area (TPSA) is 17.3 Å². The van der Waals surface area contributed by atoms with Crippen LogP contribution in [0.15, 0.2) is 121 Å². The molecule has 5 fully saturated rings. The second-order valence-electron chi connectivity index (χ2n) is 21.8. The summed E-state index contributed by atoms with van der Waals surface area (Å²) < 4.78 is 2.73. The van der Waals surface area contributed by atoms with Gasteiger partial charge in [0.1, 0.15) is 0 Å². The Morgan fingerprint density at radius 2 is 1.05 bits per heavy atom. The number of hydrogen-bond donors (Lipinski definition) is 0. The summed E-state index contributed by atoms with van der Waals surface area (Å²) in [4.78, 5) is 5.63. The molecule has 0 amide bonds. The predicted octanol–water partition coefficient (Wildman–Crippen LogP) is 15.7. The van der Waals surface area contributed by atoms with E-state index in [1.807, 2.05) is 0 Å². The van der Waals surface area contributed by atoms with Crippen molar-refractivity contribution >= 4 is 38.1 Å². The average Bonchev–Trinajstić information content (AvgIpc) is 3.95. The normalized spacial score (nSPS) is 30.0. The van der Waals surface area contributed by atoms with Crippen LogP contribution in [0.1, 0.15) is 110 Å². The highest BCUT2D eigenvalue weighted by atomic mass is 14.9. The van der Waals surface area contributed by atoms with Crippen LogP contribution in [0.2, 0.25) is 0 Å². The lowest BCUT2D eigenvalue weighted by Gasteiger charge is -2.48. The largest absolute Gasteiger partial charge is 0.306 e. The molecular weight excluding hydrogens is 749 g/mol. The van der Waals surface area contributed by atoms with E-state index >= 15 is 0 Å². The lowest BCUT2D eigenvalue weighted by atomic mass is 9.56. The Balaban J connectivity index is 1.02. The molecule has 9 aliphatic rings. The van der Waals surface area contributed by atoms with Crippen LogP contribution in [0.4, 0.5) is 0 Å². The summed E-state index contributed by atoms with van der Waals surface area (Å²) in [7, 11) is 0. The average molecular weight is 797 g/mol. The van der Waals surface area contributed by atoms with Crippen LogP contribution in [0.25, 0.3) is 93.7 Å². The van der Waals surface area contributed by atoms with E-state index in [2.05, 4.69) is 126 Å². The molecule has 7 atom stereocenters. The van der Waals surface area contributed by atoms with E-state index in [-0.39, 0.29) is 0 Å². The maximum absolute atomic E-state index is 5.63. The molecule has 298 valence electrons. The first-order valence-corrected chi connectivity index (χ1v) is 24.3. The number of benzene rings is 6. The van der Waals surface area contributed by atoms with Crippen LogP contribution in [0.5, 0.6) is 0 Å². The zero-order valence-corrected chi connectivity index (χ0v) is 35.1. The first-order valence-electron chi connectivity index (χ1n) is 24.3. The second kappa shape index (κ2) is 11.1. The van der Waals surface area contributed by atoms with Crippen LogP contribution < -0.4 is 0 Å². The van der Waals surface area contributed by atoms with Crippen LogP contribution in [-0.4, -0.2) is 9.38 Å². The molecule has 9 aromatic rings. The van der Waals surface area contributed by atoms with Crippen LogP contribution in [-0.2, 0) is 0 Å². The van der Waals surface area contributed by atoms with Gasteiger partial charge in [0.25, 0.3) is 0 Å². The van der Waals surface area contributed by atoms with Crippen molar-refractivity contribution in [3.63, 3.8) is 0 Å². The van der Waals surface area contributed by atoms with Gasteiger partial charge < -0.3 is 4.40 Å². The third-order valence-electron chi connectivity index (χ3n) is 19.4. The number of hydrogen-bond acceptors (Lipinski definition) is 1. The lowest BCUT2D eigenvalue weighted by Crippen LogP contribution is -2.41. The quantitative estimate of drug-likeness (QED) is 0.162. The number of fused-ring (bicyclic) bond motifs is 20. The minimum atomic E-state index is 0.597. The Morgan fingerprint density at radius 1 is 0.468 bits per heavy atom. The van der Waals surface area contributed by atoms with E-state index < -0.39 is 0 Å². The molecule has 1 spiro atoms. The summed E-state index contributed by atoms with van der Waals surface area (Å²) in [5.41, 5.74) is 24.7. The fourth-order valence-electron chi connectivity index (χ4n) is 17.5. The molecule has 5 saturated carbocycles. The van der Waals surface area contributed by atoms with Crippen LogP contribution in [0.3, 0.4) is 0 Å². The van der Waals surface area contributed by atoms with Gasteiger partial charge in [0, 0.05) is 33.2 Å². The van der Waals surface area contributed by atoms with Crippen LogP contribution >= 0.6 is 0 Å². The van der Waals surface area contributed by atoms with E-state index in [4.69, 9.17) is 4.98 Å². The van der Waals surface area contributed by atoms with Crippen molar-refractivity contribution in [2.24, 2.45) is 29.1 Å². The number of nitrogens with zero attached hydrogens (tertiary/aromatic N) is 2. The molecule has 0 N–H and O–H groups in total. The number of rotatable bonds is 1. The smallest absolute Gasteiger partial charge is 0.0728 e. The van der Waals surface area contributed by atoms with Gasteiger partial charge in [-0.2, -0.15) is 0 Å². The maximum Gasteiger partial charge on any atom is 0.0728 e. The molecule has 7 bridgehead atoms. The number of pyridine rings is 1. The molecule has 62 heavy (non-hydrogen) atoms. The summed E-state index contributed by atoms with van der Waals surface area (Å²) in [6.07, 6.45) is 16.3. The van der Waals surface area contributed by atoms with E-state index in [1.54, 1.807) is 27.5 Å². The molecule has 18 rings (SSSR count). The van der Waals surface area contributed by atoms with Crippen molar-refractivity contribution in [1.29, 1.82) is 0 Å². The van der Waals surface area contributed by atoms with Crippen molar-refractivity contribution < 1.29 is 0 Å². The van der Waals surface area contributed by atoms with Gasteiger partial charge in [0.2, 0.25) is 0 Å². The summed E-state index contributed by atoms with van der Waals surface area (Å²) in [6, 6.07) is 45.2. The van der Waals surface area contributed by atoms with Crippen molar-refractivity contribution in [1.82, 2.24) is 9.38 Å². The van der Waals surface area contributed by atoms with Crippen molar-refractivity contribution in [2.45, 2.75) is 87.9 Å². The van der Waals surface area contributed by atoms with E-state index in [0.717, 1.165) is 23.7 Å². The van der Waals surface area contributed by atoms with Gasteiger partial charge in [-0.1, -0.05) is 97.1 Å². The molecule has 0 aliphatic heterocycles. The monoisotopic (exact) mass is 796 g/mol. The molecule has 6 aromatic carbocycles. The van der Waals surface area contributed by atoms with Gasteiger partial charge in [-0.15, -0.1) is 0 Å². The molecule has 2 heteroatoms. The third-order valence-corrected chi connectivity index (χ3v) is 19.4. The minimum absolute atomic E-state index is 0.597. The lowest BCUT2D eigenvalue weighted by molar-refractivity contribution is 0.00321. The molecule has 9 aliphatic carbocycles. The SMILES string of the molecule is c1ccc2c(c1)-c1ccccc1-c1cccc(-c3cc4c5c6c(ccc5n5c7cnc8c(c7c(c3)c45)C3CC4CC5CC8CC54C3)C3CC4CC(C3)CC6C4)c1-c1ccccc1-2. The Kier molecular flexibility index (Phi) is 5.88. The van der Waals surface area contributed by atoms with Crippen molar-refractivity contribution in [3.8, 4) is 55.6 Å². The van der Waals surface area contributed by atoms with Gasteiger partial charge in [-0.05, 0) is 202 Å². The summed E-state index contributed by atoms with van der Waals surface area (Å²) in [5.74, 6) is 6.28. The minimum Gasteiger partial charge on any atom is -0.306 e. The summed E-state index contributed by atoms with van der Waals surface area (Å²) >= 11 is 0. The molecule has 7 unspecified atom stereocenters. The van der Waals surface area contributed by atoms with Gasteiger partial charge in [-0.25, -0.2) is 0 Å². The highest BCUT2D eigenvalue weighted by Crippen LogP contribution is 2.76. The number of aromatic nitrogens is 2. The fraction of sp³-hybridized carbons (Fsp3) is 0.317. The third kappa shape index (κ3) is 3.80. The summed E-state index contributed by atoms with van der Waals surface area (Å²) in [5, 5.41) is 6.07. The Bertz CT molecular complexity index is 3490. The Hall–Kier alpha value is -5.73. The first kappa shape index (κ1) is 32.9. The standard InChI is InChI=1S/C60H48N2/c1-2-9-43-42(8-1)44-10-3-4-11-46(44)48-15-7-14-40(55(48)47-13-6-5-12-45(43)47)34-25-49-56-51(17-16-41-33-19-31-18-32(20-33)22-35(21-31)53(41)56)62-52-30-61-58-37-24-39-27-38-23-36(28-60(38,39)29-37)54(58)57(52)50(26-34)59(49)62/h1-17,25-26,30-33,35-39H,18-24,27-29H2. The maximum atomic E-state index is 5.63. The molecule has 3 aromatic heterocycles.